The number of rotatable bonds is 7. The number of ether oxygens (including phenoxy) is 2. The Bertz CT molecular complexity index is 1620. The second kappa shape index (κ2) is 10.7. The molecule has 4 aromatic rings. The van der Waals surface area contributed by atoms with Gasteiger partial charge in [-0.25, -0.2) is 9.78 Å². The van der Waals surface area contributed by atoms with E-state index in [0.29, 0.717) is 15.6 Å². The molecule has 0 unspecified atom stereocenters. The Labute approximate surface area is 222 Å². The van der Waals surface area contributed by atoms with E-state index in [9.17, 15) is 22.8 Å². The molecule has 0 saturated heterocycles. The van der Waals surface area contributed by atoms with Crippen LogP contribution in [0.3, 0.4) is 0 Å². The van der Waals surface area contributed by atoms with E-state index in [2.05, 4.69) is 26.0 Å². The van der Waals surface area contributed by atoms with Crippen molar-refractivity contribution in [3.8, 4) is 22.9 Å². The number of para-hydroxylation sites is 1. The van der Waals surface area contributed by atoms with E-state index < -0.39 is 29.4 Å². The van der Waals surface area contributed by atoms with Gasteiger partial charge in [0.15, 0.2) is 23.4 Å². The van der Waals surface area contributed by atoms with Gasteiger partial charge in [0.25, 0.3) is 5.56 Å². The van der Waals surface area contributed by atoms with Crippen LogP contribution < -0.4 is 15.0 Å². The third kappa shape index (κ3) is 5.54. The molecule has 8 nitrogen and oxygen atoms in total. The number of carboxylic acid groups (broad SMARTS) is 1. The van der Waals surface area contributed by atoms with Crippen molar-refractivity contribution in [2.45, 2.75) is 19.2 Å². The second-order valence-electron chi connectivity index (χ2n) is 8.03. The smallest absolute Gasteiger partial charge is 0.416 e. The summed E-state index contributed by atoms with van der Waals surface area (Å²) < 4.78 is 52.2. The number of benzene rings is 3. The summed E-state index contributed by atoms with van der Waals surface area (Å²) in [5.41, 5.74) is -0.716. The first-order valence-corrected chi connectivity index (χ1v) is 11.8. The number of fused-ring (bicyclic) bond motifs is 1. The van der Waals surface area contributed by atoms with Gasteiger partial charge in [-0.2, -0.15) is 22.9 Å². The monoisotopic (exact) mass is 589 g/mol. The van der Waals surface area contributed by atoms with Crippen molar-refractivity contribution >= 4 is 39.0 Å². The molecule has 0 saturated carbocycles. The lowest BCUT2D eigenvalue weighted by molar-refractivity contribution is -0.144. The summed E-state index contributed by atoms with van der Waals surface area (Å²) in [6.45, 7) is 1.36. The zero-order valence-corrected chi connectivity index (χ0v) is 21.4. The van der Waals surface area contributed by atoms with E-state index in [-0.39, 0.29) is 28.3 Å². The molecule has 0 bridgehead atoms. The Balaban J connectivity index is 1.85. The molecule has 4 rings (SSSR count). The second-order valence-corrected chi connectivity index (χ2v) is 8.88. The molecule has 0 radical (unpaired) electrons. The molecule has 3 aromatic carbocycles. The molecule has 1 aromatic heterocycles. The number of aromatic nitrogens is 2. The predicted molar refractivity (Wildman–Crippen MR) is 138 cm³/mol. The molecule has 1 atom stereocenters. The van der Waals surface area contributed by atoms with Crippen LogP contribution in [-0.4, -0.2) is 40.2 Å². The number of alkyl halides is 3. The fourth-order valence-electron chi connectivity index (χ4n) is 3.53. The van der Waals surface area contributed by atoms with Gasteiger partial charge in [-0.1, -0.05) is 24.3 Å². The number of aliphatic carboxylic acids is 1. The lowest BCUT2D eigenvalue weighted by atomic mass is 10.1. The lowest BCUT2D eigenvalue weighted by Gasteiger charge is -2.16. The average Bonchev–Trinajstić information content (AvgIpc) is 2.88. The maximum Gasteiger partial charge on any atom is 0.416 e. The first-order valence-electron chi connectivity index (χ1n) is 11.0. The van der Waals surface area contributed by atoms with Gasteiger partial charge in [0.05, 0.1) is 34.3 Å². The van der Waals surface area contributed by atoms with Crippen molar-refractivity contribution in [1.29, 1.82) is 0 Å². The number of methoxy groups -OCH3 is 1. The third-order valence-corrected chi connectivity index (χ3v) is 6.01. The standard InChI is InChI=1S/C26H19BrF3N3O5/c1-14(25(35)36)38-22-19(27)10-15(11-21(22)37-2)13-31-33-23(16-6-5-7-17(12-16)26(28,29)30)32-20-9-4-3-8-18(20)24(33)34/h3-14H,1-2H3,(H,35,36)/t14-/m0/s1. The van der Waals surface area contributed by atoms with Crippen LogP contribution >= 0.6 is 15.9 Å². The minimum Gasteiger partial charge on any atom is -0.493 e. The van der Waals surface area contributed by atoms with Gasteiger partial charge < -0.3 is 14.6 Å². The molecule has 0 fully saturated rings. The molecule has 0 aliphatic heterocycles. The molecule has 1 heterocycles. The van der Waals surface area contributed by atoms with Gasteiger partial charge >= 0.3 is 12.1 Å². The zero-order chi connectivity index (χ0) is 27.6. The van der Waals surface area contributed by atoms with Gasteiger partial charge in [-0.3, -0.25) is 4.79 Å². The van der Waals surface area contributed by atoms with E-state index >= 15 is 0 Å². The van der Waals surface area contributed by atoms with E-state index in [1.165, 1.54) is 38.4 Å². The molecular weight excluding hydrogens is 571 g/mol. The van der Waals surface area contributed by atoms with Gasteiger partial charge in [0.1, 0.15) is 0 Å². The molecule has 0 spiro atoms. The van der Waals surface area contributed by atoms with Crippen molar-refractivity contribution in [1.82, 2.24) is 9.66 Å². The number of carbonyl (C=O) groups is 1. The quantitative estimate of drug-likeness (QED) is 0.282. The largest absolute Gasteiger partial charge is 0.493 e. The molecule has 0 amide bonds. The van der Waals surface area contributed by atoms with E-state index in [0.717, 1.165) is 16.8 Å². The van der Waals surface area contributed by atoms with Crippen LogP contribution in [-0.2, 0) is 11.0 Å². The van der Waals surface area contributed by atoms with E-state index in [4.69, 9.17) is 14.6 Å². The summed E-state index contributed by atoms with van der Waals surface area (Å²) in [5.74, 6) is -0.919. The van der Waals surface area contributed by atoms with Gasteiger partial charge in [0.2, 0.25) is 0 Å². The minimum atomic E-state index is -4.59. The maximum atomic E-state index is 13.4. The zero-order valence-electron chi connectivity index (χ0n) is 19.9. The fraction of sp³-hybridized carbons (Fsp3) is 0.154. The van der Waals surface area contributed by atoms with Crippen LogP contribution in [0.4, 0.5) is 13.2 Å². The summed E-state index contributed by atoms with van der Waals surface area (Å²) in [4.78, 5) is 28.9. The number of hydrogen-bond donors (Lipinski definition) is 1. The highest BCUT2D eigenvalue weighted by atomic mass is 79.9. The highest BCUT2D eigenvalue weighted by Gasteiger charge is 2.31. The van der Waals surface area contributed by atoms with Crippen molar-refractivity contribution < 1.29 is 32.5 Å². The first-order chi connectivity index (χ1) is 18.0. The molecule has 0 aliphatic carbocycles. The third-order valence-electron chi connectivity index (χ3n) is 5.42. The lowest BCUT2D eigenvalue weighted by Crippen LogP contribution is -2.23. The minimum absolute atomic E-state index is 0.0463. The molecule has 196 valence electrons. The van der Waals surface area contributed by atoms with Crippen molar-refractivity contribution in [2.75, 3.05) is 7.11 Å². The number of nitrogens with zero attached hydrogens (tertiary/aromatic N) is 3. The van der Waals surface area contributed by atoms with Crippen LogP contribution in [0.5, 0.6) is 11.5 Å². The molecule has 38 heavy (non-hydrogen) atoms. The Hall–Kier alpha value is -4.19. The summed E-state index contributed by atoms with van der Waals surface area (Å²) in [5, 5.41) is 13.6. The van der Waals surface area contributed by atoms with Crippen LogP contribution in [0.25, 0.3) is 22.3 Å². The normalized spacial score (nSPS) is 12.6. The van der Waals surface area contributed by atoms with Crippen LogP contribution in [0.1, 0.15) is 18.1 Å². The van der Waals surface area contributed by atoms with Crippen molar-refractivity contribution in [3.05, 3.63) is 86.6 Å². The Morgan fingerprint density at radius 2 is 1.89 bits per heavy atom. The molecule has 0 aliphatic rings. The Morgan fingerprint density at radius 3 is 2.58 bits per heavy atom. The number of halogens is 4. The van der Waals surface area contributed by atoms with Crippen LogP contribution in [0.15, 0.2) is 75.0 Å². The highest BCUT2D eigenvalue weighted by molar-refractivity contribution is 9.10. The average molecular weight is 590 g/mol. The van der Waals surface area contributed by atoms with E-state index in [1.807, 2.05) is 0 Å². The summed E-state index contributed by atoms with van der Waals surface area (Å²) >= 11 is 3.32. The Morgan fingerprint density at radius 1 is 1.16 bits per heavy atom. The summed E-state index contributed by atoms with van der Waals surface area (Å²) in [6.07, 6.45) is -4.45. The van der Waals surface area contributed by atoms with Crippen LogP contribution in [0, 0.1) is 0 Å². The molecule has 12 heteroatoms. The number of hydrogen-bond acceptors (Lipinski definition) is 6. The molecular formula is C26H19BrF3N3O5. The van der Waals surface area contributed by atoms with Crippen molar-refractivity contribution in [2.24, 2.45) is 5.10 Å². The van der Waals surface area contributed by atoms with Gasteiger partial charge in [0, 0.05) is 5.56 Å². The molecule has 1 N–H and O–H groups in total. The predicted octanol–water partition coefficient (Wildman–Crippen LogP) is 5.59. The van der Waals surface area contributed by atoms with Crippen molar-refractivity contribution in [3.63, 3.8) is 0 Å². The van der Waals surface area contributed by atoms with Crippen LogP contribution in [0.2, 0.25) is 0 Å². The summed E-state index contributed by atoms with van der Waals surface area (Å²) in [7, 11) is 1.37. The maximum absolute atomic E-state index is 13.4. The number of carboxylic acids is 1. The van der Waals surface area contributed by atoms with Gasteiger partial charge in [-0.05, 0) is 64.8 Å². The SMILES string of the molecule is COc1cc(C=Nn2c(-c3cccc(C(F)(F)F)c3)nc3ccccc3c2=O)cc(Br)c1O[C@@H](C)C(=O)O. The first kappa shape index (κ1) is 26.9. The summed E-state index contributed by atoms with van der Waals surface area (Å²) in [6, 6.07) is 14.0. The Kier molecular flexibility index (Phi) is 7.53. The topological polar surface area (TPSA) is 103 Å². The van der Waals surface area contributed by atoms with Gasteiger partial charge in [-0.15, -0.1) is 0 Å². The highest BCUT2D eigenvalue weighted by Crippen LogP contribution is 2.37. The van der Waals surface area contributed by atoms with E-state index in [1.54, 1.807) is 30.3 Å². The fourth-order valence-corrected chi connectivity index (χ4v) is 4.09.